The van der Waals surface area contributed by atoms with Gasteiger partial charge in [0.25, 0.3) is 5.91 Å². The molecule has 3 aromatic rings. The van der Waals surface area contributed by atoms with Crippen LogP contribution in [-0.4, -0.2) is 42.0 Å². The first-order valence-electron chi connectivity index (χ1n) is 10.1. The molecule has 1 amide bonds. The lowest BCUT2D eigenvalue weighted by Crippen LogP contribution is -2.30. The maximum Gasteiger partial charge on any atom is 0.339 e. The molecule has 0 unspecified atom stereocenters. The van der Waals surface area contributed by atoms with Crippen LogP contribution in [0, 0.1) is 13.8 Å². The number of amides is 1. The lowest BCUT2D eigenvalue weighted by atomic mass is 9.96. The van der Waals surface area contributed by atoms with Gasteiger partial charge in [-0.1, -0.05) is 30.3 Å². The standard InChI is InChI=1S/C24H25N3O3/c1-15-8-9-16(2)21(12-15)26-22(28)14-30-24(29)23-17-6-4-5-7-19(17)25-20-10-11-27(3)13-18(20)23/h4-9,12H,10-11,13-14H2,1-3H3,(H,26,28). The molecule has 0 bridgehead atoms. The first kappa shape index (κ1) is 20.0. The largest absolute Gasteiger partial charge is 0.452 e. The number of nitrogens with one attached hydrogen (secondary N) is 1. The van der Waals surface area contributed by atoms with Gasteiger partial charge in [0, 0.05) is 41.8 Å². The minimum Gasteiger partial charge on any atom is -0.452 e. The van der Waals surface area contributed by atoms with Crippen molar-refractivity contribution in [2.75, 3.05) is 25.5 Å². The molecule has 2 aromatic carbocycles. The Labute approximate surface area is 175 Å². The highest BCUT2D eigenvalue weighted by atomic mass is 16.5. The Morgan fingerprint density at radius 2 is 1.97 bits per heavy atom. The number of benzene rings is 2. The number of carbonyl (C=O) groups is 2. The summed E-state index contributed by atoms with van der Waals surface area (Å²) in [6.45, 7) is 5.07. The molecule has 30 heavy (non-hydrogen) atoms. The normalized spacial score (nSPS) is 13.7. The number of nitrogens with zero attached hydrogens (tertiary/aromatic N) is 2. The van der Waals surface area contributed by atoms with Gasteiger partial charge in [-0.2, -0.15) is 0 Å². The summed E-state index contributed by atoms with van der Waals surface area (Å²) >= 11 is 0. The van der Waals surface area contributed by atoms with Crippen molar-refractivity contribution in [3.8, 4) is 0 Å². The van der Waals surface area contributed by atoms with Gasteiger partial charge in [-0.05, 0) is 44.2 Å². The van der Waals surface area contributed by atoms with E-state index in [-0.39, 0.29) is 12.5 Å². The second kappa shape index (κ2) is 8.24. The summed E-state index contributed by atoms with van der Waals surface area (Å²) in [5, 5.41) is 3.58. The van der Waals surface area contributed by atoms with Gasteiger partial charge in [-0.15, -0.1) is 0 Å². The summed E-state index contributed by atoms with van der Waals surface area (Å²) in [6, 6.07) is 13.4. The molecule has 6 heteroatoms. The van der Waals surface area contributed by atoms with Crippen LogP contribution in [0.3, 0.4) is 0 Å². The molecule has 0 atom stereocenters. The summed E-state index contributed by atoms with van der Waals surface area (Å²) in [5.74, 6) is -0.849. The van der Waals surface area contributed by atoms with Crippen molar-refractivity contribution < 1.29 is 14.3 Å². The third-order valence-electron chi connectivity index (χ3n) is 5.44. The number of aryl methyl sites for hydroxylation is 2. The number of carbonyl (C=O) groups excluding carboxylic acids is 2. The number of hydrogen-bond acceptors (Lipinski definition) is 5. The van der Waals surface area contributed by atoms with Crippen molar-refractivity contribution in [3.05, 3.63) is 70.4 Å². The van der Waals surface area contributed by atoms with E-state index in [0.717, 1.165) is 51.9 Å². The SMILES string of the molecule is Cc1ccc(C)c(NC(=O)COC(=O)c2c3c(nc4ccccc24)CCN(C)C3)c1. The average Bonchev–Trinajstić information content (AvgIpc) is 2.73. The number of esters is 1. The Morgan fingerprint density at radius 1 is 1.17 bits per heavy atom. The van der Waals surface area contributed by atoms with Crippen LogP contribution >= 0.6 is 0 Å². The van der Waals surface area contributed by atoms with E-state index in [2.05, 4.69) is 10.2 Å². The molecule has 1 N–H and O–H groups in total. The zero-order valence-electron chi connectivity index (χ0n) is 17.5. The van der Waals surface area contributed by atoms with Gasteiger partial charge in [-0.25, -0.2) is 4.79 Å². The summed E-state index contributed by atoms with van der Waals surface area (Å²) in [7, 11) is 2.02. The second-order valence-electron chi connectivity index (χ2n) is 7.86. The summed E-state index contributed by atoms with van der Waals surface area (Å²) < 4.78 is 5.44. The van der Waals surface area contributed by atoms with Gasteiger partial charge >= 0.3 is 5.97 Å². The molecule has 4 rings (SSSR count). The quantitative estimate of drug-likeness (QED) is 0.674. The average molecular weight is 403 g/mol. The number of fused-ring (bicyclic) bond motifs is 2. The highest BCUT2D eigenvalue weighted by Crippen LogP contribution is 2.28. The maximum atomic E-state index is 13.1. The van der Waals surface area contributed by atoms with Gasteiger partial charge in [0.15, 0.2) is 6.61 Å². The lowest BCUT2D eigenvalue weighted by Gasteiger charge is -2.26. The lowest BCUT2D eigenvalue weighted by molar-refractivity contribution is -0.119. The highest BCUT2D eigenvalue weighted by Gasteiger charge is 2.25. The molecule has 154 valence electrons. The number of anilines is 1. The van der Waals surface area contributed by atoms with Crippen molar-refractivity contribution >= 4 is 28.5 Å². The molecule has 0 saturated heterocycles. The summed E-state index contributed by atoms with van der Waals surface area (Å²) in [4.78, 5) is 32.4. The molecular weight excluding hydrogens is 378 g/mol. The smallest absolute Gasteiger partial charge is 0.339 e. The van der Waals surface area contributed by atoms with Crippen LogP contribution in [0.4, 0.5) is 5.69 Å². The van der Waals surface area contributed by atoms with E-state index >= 15 is 0 Å². The van der Waals surface area contributed by atoms with Crippen molar-refractivity contribution in [3.63, 3.8) is 0 Å². The predicted octanol–water partition coefficient (Wildman–Crippen LogP) is 3.64. The number of para-hydroxylation sites is 1. The predicted molar refractivity (Wildman–Crippen MR) is 117 cm³/mol. The topological polar surface area (TPSA) is 71.5 Å². The molecule has 0 aliphatic carbocycles. The fourth-order valence-electron chi connectivity index (χ4n) is 3.82. The molecule has 0 spiro atoms. The zero-order chi connectivity index (χ0) is 21.3. The maximum absolute atomic E-state index is 13.1. The molecular formula is C24H25N3O3. The van der Waals surface area contributed by atoms with E-state index in [9.17, 15) is 9.59 Å². The first-order chi connectivity index (χ1) is 14.4. The molecule has 2 heterocycles. The Hall–Kier alpha value is -3.25. The van der Waals surface area contributed by atoms with E-state index in [4.69, 9.17) is 9.72 Å². The number of pyridine rings is 1. The third kappa shape index (κ3) is 4.04. The summed E-state index contributed by atoms with van der Waals surface area (Å²) in [6.07, 6.45) is 0.782. The minimum absolute atomic E-state index is 0.340. The molecule has 0 saturated carbocycles. The Morgan fingerprint density at radius 3 is 2.80 bits per heavy atom. The molecule has 1 aliphatic heterocycles. The van der Waals surface area contributed by atoms with Crippen LogP contribution in [0.1, 0.15) is 32.7 Å². The molecule has 0 fully saturated rings. The van der Waals surface area contributed by atoms with E-state index in [0.29, 0.717) is 12.1 Å². The van der Waals surface area contributed by atoms with Crippen molar-refractivity contribution in [2.45, 2.75) is 26.8 Å². The fourth-order valence-corrected chi connectivity index (χ4v) is 3.82. The third-order valence-corrected chi connectivity index (χ3v) is 5.44. The monoisotopic (exact) mass is 403 g/mol. The molecule has 1 aromatic heterocycles. The van der Waals surface area contributed by atoms with Gasteiger partial charge in [-0.3, -0.25) is 9.78 Å². The van der Waals surface area contributed by atoms with Crippen LogP contribution in [0.25, 0.3) is 10.9 Å². The number of hydrogen-bond donors (Lipinski definition) is 1. The fraction of sp³-hybridized carbons (Fsp3) is 0.292. The van der Waals surface area contributed by atoms with Crippen LogP contribution in [0.5, 0.6) is 0 Å². The van der Waals surface area contributed by atoms with Crippen molar-refractivity contribution in [1.29, 1.82) is 0 Å². The van der Waals surface area contributed by atoms with E-state index in [1.807, 2.05) is 63.4 Å². The molecule has 0 radical (unpaired) electrons. The van der Waals surface area contributed by atoms with E-state index in [1.165, 1.54) is 0 Å². The number of aromatic nitrogens is 1. The van der Waals surface area contributed by atoms with Crippen molar-refractivity contribution in [2.24, 2.45) is 0 Å². The van der Waals surface area contributed by atoms with Crippen LogP contribution < -0.4 is 5.32 Å². The molecule has 1 aliphatic rings. The van der Waals surface area contributed by atoms with Crippen LogP contribution in [0.15, 0.2) is 42.5 Å². The summed E-state index contributed by atoms with van der Waals surface area (Å²) in [5.41, 5.74) is 5.84. The molecule has 6 nitrogen and oxygen atoms in total. The van der Waals surface area contributed by atoms with Gasteiger partial charge in [0.2, 0.25) is 0 Å². The van der Waals surface area contributed by atoms with Gasteiger partial charge in [0.05, 0.1) is 11.1 Å². The first-order valence-corrected chi connectivity index (χ1v) is 10.1. The van der Waals surface area contributed by atoms with Crippen LogP contribution in [-0.2, 0) is 22.5 Å². The Bertz CT molecular complexity index is 1140. The highest BCUT2D eigenvalue weighted by molar-refractivity contribution is 6.06. The van der Waals surface area contributed by atoms with Crippen molar-refractivity contribution in [1.82, 2.24) is 9.88 Å². The van der Waals surface area contributed by atoms with Gasteiger partial charge in [0.1, 0.15) is 0 Å². The zero-order valence-corrected chi connectivity index (χ0v) is 17.5. The van der Waals surface area contributed by atoms with Crippen LogP contribution in [0.2, 0.25) is 0 Å². The minimum atomic E-state index is -0.490. The van der Waals surface area contributed by atoms with Gasteiger partial charge < -0.3 is 15.0 Å². The van der Waals surface area contributed by atoms with E-state index < -0.39 is 5.97 Å². The number of ether oxygens (including phenoxy) is 1. The Kier molecular flexibility index (Phi) is 5.50. The number of likely N-dealkylation sites (N-methyl/N-ethyl adjacent to an activating group) is 1. The second-order valence-corrected chi connectivity index (χ2v) is 7.86. The number of rotatable bonds is 4. The Balaban J connectivity index is 1.57. The van der Waals surface area contributed by atoms with E-state index in [1.54, 1.807) is 0 Å².